The summed E-state index contributed by atoms with van der Waals surface area (Å²) in [5, 5.41) is 3.64. The summed E-state index contributed by atoms with van der Waals surface area (Å²) in [4.78, 5) is 11.1. The average Bonchev–Trinajstić information content (AvgIpc) is 2.28. The summed E-state index contributed by atoms with van der Waals surface area (Å²) < 4.78 is 11.2. The first-order valence-electron chi connectivity index (χ1n) is 6.24. The molecule has 20 heavy (non-hydrogen) atoms. The lowest BCUT2D eigenvalue weighted by Crippen LogP contribution is -2.34. The van der Waals surface area contributed by atoms with Gasteiger partial charge in [0.05, 0.1) is 13.2 Å². The molecule has 124 valence electrons. The Hall–Kier alpha value is 0.880. The Morgan fingerprint density at radius 3 is 2.30 bits per heavy atom. The van der Waals surface area contributed by atoms with Crippen molar-refractivity contribution in [1.29, 1.82) is 0 Å². The van der Waals surface area contributed by atoms with E-state index in [1.807, 2.05) is 20.8 Å². The predicted octanol–water partition coefficient (Wildman–Crippen LogP) is 3.27. The van der Waals surface area contributed by atoms with E-state index in [1.54, 1.807) is 0 Å². The van der Waals surface area contributed by atoms with E-state index in [9.17, 15) is 4.79 Å². The number of halogens is 3. The molecule has 0 rings (SSSR count). The van der Waals surface area contributed by atoms with Crippen LogP contribution in [0, 0.1) is 0 Å². The lowest BCUT2D eigenvalue weighted by atomic mass is 10.2. The molecule has 0 bridgehead atoms. The second-order valence-electron chi connectivity index (χ2n) is 4.56. The maximum Gasteiger partial charge on any atom is 0.407 e. The molecule has 0 aromatic carbocycles. The smallest absolute Gasteiger partial charge is 0.407 e. The van der Waals surface area contributed by atoms with Crippen LogP contribution in [0.2, 0.25) is 0 Å². The first-order valence-corrected chi connectivity index (χ1v) is 8.88. The van der Waals surface area contributed by atoms with Gasteiger partial charge in [0.25, 0.3) is 0 Å². The minimum Gasteiger partial charge on any atom is -0.444 e. The van der Waals surface area contributed by atoms with Crippen LogP contribution in [-0.2, 0) is 9.47 Å². The lowest BCUT2D eigenvalue weighted by Gasteiger charge is -2.19. The minimum atomic E-state index is -0.437. The van der Waals surface area contributed by atoms with E-state index < -0.39 is 11.7 Å². The van der Waals surface area contributed by atoms with E-state index in [0.29, 0.717) is 13.2 Å². The van der Waals surface area contributed by atoms with Crippen molar-refractivity contribution in [3.8, 4) is 0 Å². The third-order valence-corrected chi connectivity index (χ3v) is 2.47. The lowest BCUT2D eigenvalue weighted by molar-refractivity contribution is 0.0503. The highest BCUT2D eigenvalue weighted by Gasteiger charge is 2.15. The minimum absolute atomic E-state index is 0. The fourth-order valence-corrected chi connectivity index (χ4v) is 1.41. The molecule has 0 unspecified atom stereocenters. The Labute approximate surface area is 155 Å². The fraction of sp³-hybridized carbons (Fsp3) is 0.917. The van der Waals surface area contributed by atoms with E-state index in [2.05, 4.69) is 43.8 Å². The Morgan fingerprint density at radius 2 is 1.95 bits per heavy atom. The van der Waals surface area contributed by atoms with Crippen molar-refractivity contribution in [3.63, 3.8) is 0 Å². The van der Waals surface area contributed by atoms with Gasteiger partial charge in [-0.1, -0.05) is 38.5 Å². The molecule has 1 amide bonds. The molecule has 0 saturated carbocycles. The van der Waals surface area contributed by atoms with Crippen LogP contribution < -0.4 is 11.1 Å². The molecular formula is C12H27Br2IN2O3. The van der Waals surface area contributed by atoms with E-state index in [-0.39, 0.29) is 17.0 Å². The number of hydrogen-bond acceptors (Lipinski definition) is 4. The molecule has 0 aromatic heterocycles. The maximum atomic E-state index is 11.1. The van der Waals surface area contributed by atoms with Crippen LogP contribution in [0.15, 0.2) is 0 Å². The van der Waals surface area contributed by atoms with Gasteiger partial charge in [0.2, 0.25) is 0 Å². The normalized spacial score (nSPS) is 9.90. The van der Waals surface area contributed by atoms with Gasteiger partial charge in [-0.15, -0.1) is 17.0 Å². The van der Waals surface area contributed by atoms with Gasteiger partial charge in [0.1, 0.15) is 5.60 Å². The first kappa shape index (κ1) is 25.8. The zero-order chi connectivity index (χ0) is 15.1. The molecular weight excluding hydrogens is 507 g/mol. The van der Waals surface area contributed by atoms with E-state index in [1.165, 1.54) is 0 Å². The average molecular weight is 534 g/mol. The molecule has 5 nitrogen and oxygen atoms in total. The molecule has 3 N–H and O–H groups in total. The molecule has 0 aliphatic carbocycles. The van der Waals surface area contributed by atoms with Crippen LogP contribution in [-0.4, -0.2) is 47.8 Å². The van der Waals surface area contributed by atoms with Crippen LogP contribution in [0.4, 0.5) is 4.79 Å². The fourth-order valence-electron chi connectivity index (χ4n) is 0.773. The summed E-state index contributed by atoms with van der Waals surface area (Å²) in [7, 11) is 0. The van der Waals surface area contributed by atoms with E-state index >= 15 is 0 Å². The monoisotopic (exact) mass is 532 g/mol. The van der Waals surface area contributed by atoms with Gasteiger partial charge in [-0.2, -0.15) is 0 Å². The van der Waals surface area contributed by atoms with Gasteiger partial charge < -0.3 is 20.5 Å². The van der Waals surface area contributed by atoms with Gasteiger partial charge in [-0.05, 0) is 33.7 Å². The summed E-state index contributed by atoms with van der Waals surface area (Å²) in [5.74, 6) is 0. The van der Waals surface area contributed by atoms with Crippen molar-refractivity contribution in [2.45, 2.75) is 32.8 Å². The van der Waals surface area contributed by atoms with Crippen LogP contribution >= 0.6 is 55.5 Å². The number of amides is 1. The van der Waals surface area contributed by atoms with Crippen molar-refractivity contribution in [1.82, 2.24) is 5.32 Å². The SMILES string of the molecule is Br.CC(C)(C)OC(=O)NCCOCCI.NCCCBr. The van der Waals surface area contributed by atoms with Crippen molar-refractivity contribution >= 4 is 61.6 Å². The largest absolute Gasteiger partial charge is 0.444 e. The summed E-state index contributed by atoms with van der Waals surface area (Å²) in [5.41, 5.74) is 4.67. The summed E-state index contributed by atoms with van der Waals surface area (Å²) >= 11 is 5.46. The zero-order valence-corrected chi connectivity index (χ0v) is 17.9. The second kappa shape index (κ2) is 17.9. The maximum absolute atomic E-state index is 11.1. The quantitative estimate of drug-likeness (QED) is 0.299. The van der Waals surface area contributed by atoms with Gasteiger partial charge in [0, 0.05) is 16.3 Å². The molecule has 0 aliphatic rings. The second-order valence-corrected chi connectivity index (χ2v) is 6.43. The summed E-state index contributed by atoms with van der Waals surface area (Å²) in [6.07, 6.45) is 0.690. The molecule has 0 saturated heterocycles. The van der Waals surface area contributed by atoms with Crippen LogP contribution in [0.5, 0.6) is 0 Å². The number of ether oxygens (including phenoxy) is 2. The standard InChI is InChI=1S/C9H18INO3.C3H8BrN.BrH/c1-9(2,3)14-8(12)11-5-7-13-6-4-10;4-2-1-3-5;/h4-7H2,1-3H3,(H,11,12);1-3,5H2;1H. The van der Waals surface area contributed by atoms with Crippen LogP contribution in [0.3, 0.4) is 0 Å². The van der Waals surface area contributed by atoms with Gasteiger partial charge in [-0.25, -0.2) is 4.79 Å². The third kappa shape index (κ3) is 27.3. The first-order chi connectivity index (χ1) is 8.87. The Bertz CT molecular complexity index is 215. The zero-order valence-electron chi connectivity index (χ0n) is 12.4. The van der Waals surface area contributed by atoms with Crippen LogP contribution in [0.1, 0.15) is 27.2 Å². The van der Waals surface area contributed by atoms with Crippen molar-refractivity contribution in [2.75, 3.05) is 36.1 Å². The highest BCUT2D eigenvalue weighted by molar-refractivity contribution is 14.1. The molecule has 0 radical (unpaired) electrons. The number of hydrogen-bond donors (Lipinski definition) is 2. The van der Waals surface area contributed by atoms with E-state index in [4.69, 9.17) is 15.2 Å². The highest BCUT2D eigenvalue weighted by Crippen LogP contribution is 2.05. The Kier molecular flexibility index (Phi) is 23.1. The number of alkyl halides is 2. The molecule has 0 atom stereocenters. The van der Waals surface area contributed by atoms with E-state index in [0.717, 1.165) is 29.3 Å². The van der Waals surface area contributed by atoms with Gasteiger partial charge in [-0.3, -0.25) is 0 Å². The molecule has 0 aromatic rings. The number of nitrogens with two attached hydrogens (primary N) is 1. The Morgan fingerprint density at radius 1 is 1.35 bits per heavy atom. The van der Waals surface area contributed by atoms with Crippen molar-refractivity contribution in [2.24, 2.45) is 5.73 Å². The number of nitrogens with one attached hydrogen (secondary N) is 1. The summed E-state index contributed by atoms with van der Waals surface area (Å²) in [6.45, 7) is 8.03. The predicted molar refractivity (Wildman–Crippen MR) is 102 cm³/mol. The van der Waals surface area contributed by atoms with Gasteiger partial charge >= 0.3 is 6.09 Å². The molecule has 0 spiro atoms. The molecule has 0 aliphatic heterocycles. The molecule has 0 heterocycles. The van der Waals surface area contributed by atoms with Gasteiger partial charge in [0.15, 0.2) is 0 Å². The number of carbonyl (C=O) groups excluding carboxylic acids is 1. The number of alkyl carbamates (subject to hydrolysis) is 1. The number of carbonyl (C=O) groups is 1. The topological polar surface area (TPSA) is 73.6 Å². The Balaban J connectivity index is -0.000000414. The van der Waals surface area contributed by atoms with Crippen LogP contribution in [0.25, 0.3) is 0 Å². The highest BCUT2D eigenvalue weighted by atomic mass is 127. The molecule has 0 fully saturated rings. The number of rotatable bonds is 7. The third-order valence-electron chi connectivity index (χ3n) is 1.47. The summed E-state index contributed by atoms with van der Waals surface area (Å²) in [6, 6.07) is 0. The van der Waals surface area contributed by atoms with Crippen molar-refractivity contribution in [3.05, 3.63) is 0 Å². The van der Waals surface area contributed by atoms with Crippen molar-refractivity contribution < 1.29 is 14.3 Å². The molecule has 8 heteroatoms.